The molecule has 1 atom stereocenters. The Labute approximate surface area is 134 Å². The Morgan fingerprint density at radius 2 is 2.14 bits per heavy atom. The number of carbonyl (C=O) groups is 2. The standard InChI is InChI=1S/C14H13ClF3NO2S/c1-8(20)22-7-9-4-13(21)19(6-9)10-2-3-11(12(15)5-10)14(16,17)18/h2-3,5,9H,4,6-7H2,1H3. The van der Waals surface area contributed by atoms with Crippen molar-refractivity contribution in [3.05, 3.63) is 28.8 Å². The molecule has 22 heavy (non-hydrogen) atoms. The first kappa shape index (κ1) is 17.1. The van der Waals surface area contributed by atoms with Crippen molar-refractivity contribution < 1.29 is 22.8 Å². The zero-order valence-corrected chi connectivity index (χ0v) is 13.2. The van der Waals surface area contributed by atoms with Gasteiger partial charge in [0.25, 0.3) is 0 Å². The summed E-state index contributed by atoms with van der Waals surface area (Å²) in [5, 5.41) is -0.456. The molecule has 1 amide bonds. The highest BCUT2D eigenvalue weighted by Gasteiger charge is 2.35. The minimum Gasteiger partial charge on any atom is -0.312 e. The summed E-state index contributed by atoms with van der Waals surface area (Å²) in [6, 6.07) is 3.28. The van der Waals surface area contributed by atoms with E-state index in [0.717, 1.165) is 23.9 Å². The lowest BCUT2D eigenvalue weighted by Crippen LogP contribution is -2.25. The van der Waals surface area contributed by atoms with Crippen molar-refractivity contribution in [2.75, 3.05) is 17.2 Å². The minimum atomic E-state index is -4.52. The van der Waals surface area contributed by atoms with Gasteiger partial charge < -0.3 is 4.90 Å². The van der Waals surface area contributed by atoms with Crippen LogP contribution in [0.15, 0.2) is 18.2 Å². The van der Waals surface area contributed by atoms with Crippen LogP contribution in [0.3, 0.4) is 0 Å². The second kappa shape index (κ2) is 6.50. The van der Waals surface area contributed by atoms with E-state index >= 15 is 0 Å². The molecule has 1 aliphatic rings. The summed E-state index contributed by atoms with van der Waals surface area (Å²) in [5.41, 5.74) is -0.577. The molecule has 1 fully saturated rings. The number of benzene rings is 1. The van der Waals surface area contributed by atoms with Crippen molar-refractivity contribution in [3.63, 3.8) is 0 Å². The van der Waals surface area contributed by atoms with Crippen molar-refractivity contribution in [2.45, 2.75) is 19.5 Å². The van der Waals surface area contributed by atoms with Crippen LogP contribution in [-0.2, 0) is 15.8 Å². The van der Waals surface area contributed by atoms with Crippen LogP contribution in [0.5, 0.6) is 0 Å². The number of anilines is 1. The number of alkyl halides is 3. The summed E-state index contributed by atoms with van der Waals surface area (Å²) in [7, 11) is 0. The minimum absolute atomic E-state index is 0.00229. The number of thioether (sulfide) groups is 1. The summed E-state index contributed by atoms with van der Waals surface area (Å²) >= 11 is 6.82. The maximum atomic E-state index is 12.7. The van der Waals surface area contributed by atoms with Gasteiger partial charge in [-0.05, 0) is 24.1 Å². The van der Waals surface area contributed by atoms with Crippen LogP contribution in [0, 0.1) is 5.92 Å². The van der Waals surface area contributed by atoms with Gasteiger partial charge in [-0.15, -0.1) is 0 Å². The Kier molecular flexibility index (Phi) is 5.07. The van der Waals surface area contributed by atoms with Gasteiger partial charge in [0.15, 0.2) is 5.12 Å². The van der Waals surface area contributed by atoms with Crippen LogP contribution in [0.4, 0.5) is 18.9 Å². The fraction of sp³-hybridized carbons (Fsp3) is 0.429. The molecule has 1 aliphatic heterocycles. The fourth-order valence-electron chi connectivity index (χ4n) is 2.28. The highest BCUT2D eigenvalue weighted by atomic mass is 35.5. The number of nitrogens with zero attached hydrogens (tertiary/aromatic N) is 1. The lowest BCUT2D eigenvalue weighted by Gasteiger charge is -2.18. The molecule has 0 aliphatic carbocycles. The summed E-state index contributed by atoms with van der Waals surface area (Å²) < 4.78 is 38.0. The lowest BCUT2D eigenvalue weighted by atomic mass is 10.1. The Morgan fingerprint density at radius 3 is 2.68 bits per heavy atom. The number of halogens is 4. The molecular formula is C14H13ClF3NO2S. The Hall–Kier alpha value is -1.21. The summed E-state index contributed by atoms with van der Waals surface area (Å²) in [6.45, 7) is 1.83. The highest BCUT2D eigenvalue weighted by molar-refractivity contribution is 8.13. The summed E-state index contributed by atoms with van der Waals surface area (Å²) in [5.74, 6) is 0.346. The molecule has 8 heteroatoms. The number of rotatable bonds is 3. The molecule has 0 bridgehead atoms. The van der Waals surface area contributed by atoms with Crippen molar-refractivity contribution >= 4 is 40.1 Å². The third-order valence-corrected chi connectivity index (χ3v) is 4.65. The predicted octanol–water partition coefficient (Wildman–Crippen LogP) is 3.99. The Morgan fingerprint density at radius 1 is 1.45 bits per heavy atom. The van der Waals surface area contributed by atoms with Crippen molar-refractivity contribution in [3.8, 4) is 0 Å². The first-order valence-electron chi connectivity index (χ1n) is 6.49. The molecular weight excluding hydrogens is 339 g/mol. The molecule has 3 nitrogen and oxygen atoms in total. The van der Waals surface area contributed by atoms with Gasteiger partial charge in [0.2, 0.25) is 5.91 Å². The van der Waals surface area contributed by atoms with Gasteiger partial charge in [-0.1, -0.05) is 23.4 Å². The van der Waals surface area contributed by atoms with E-state index in [1.54, 1.807) is 0 Å². The molecule has 1 unspecified atom stereocenters. The van der Waals surface area contributed by atoms with E-state index in [1.807, 2.05) is 0 Å². The zero-order valence-electron chi connectivity index (χ0n) is 11.6. The summed E-state index contributed by atoms with van der Waals surface area (Å²) in [6.07, 6.45) is -4.25. The van der Waals surface area contributed by atoms with Crippen molar-refractivity contribution in [1.29, 1.82) is 0 Å². The maximum Gasteiger partial charge on any atom is 0.417 e. The quantitative estimate of drug-likeness (QED) is 0.826. The monoisotopic (exact) mass is 351 g/mol. The molecule has 0 saturated carbocycles. The van der Waals surface area contributed by atoms with E-state index in [9.17, 15) is 22.8 Å². The average molecular weight is 352 g/mol. The topological polar surface area (TPSA) is 37.4 Å². The van der Waals surface area contributed by atoms with Crippen molar-refractivity contribution in [2.24, 2.45) is 5.92 Å². The maximum absolute atomic E-state index is 12.7. The predicted molar refractivity (Wildman–Crippen MR) is 80.1 cm³/mol. The molecule has 1 aromatic rings. The molecule has 1 heterocycles. The molecule has 120 valence electrons. The second-order valence-electron chi connectivity index (χ2n) is 5.04. The van der Waals surface area contributed by atoms with Crippen LogP contribution in [0.2, 0.25) is 5.02 Å². The molecule has 0 aromatic heterocycles. The second-order valence-corrected chi connectivity index (χ2v) is 6.64. The van der Waals surface area contributed by atoms with E-state index in [-0.39, 0.29) is 23.4 Å². The third kappa shape index (κ3) is 3.95. The van der Waals surface area contributed by atoms with Crippen LogP contribution < -0.4 is 4.90 Å². The van der Waals surface area contributed by atoms with Gasteiger partial charge in [0, 0.05) is 31.3 Å². The zero-order chi connectivity index (χ0) is 16.5. The van der Waals surface area contributed by atoms with Crippen LogP contribution >= 0.6 is 23.4 Å². The van der Waals surface area contributed by atoms with Gasteiger partial charge in [0.1, 0.15) is 0 Å². The van der Waals surface area contributed by atoms with Crippen LogP contribution in [0.1, 0.15) is 18.9 Å². The molecule has 0 N–H and O–H groups in total. The first-order chi connectivity index (χ1) is 10.2. The van der Waals surface area contributed by atoms with Crippen LogP contribution in [-0.4, -0.2) is 23.3 Å². The van der Waals surface area contributed by atoms with E-state index in [1.165, 1.54) is 17.9 Å². The average Bonchev–Trinajstić information content (AvgIpc) is 2.76. The van der Waals surface area contributed by atoms with Gasteiger partial charge >= 0.3 is 6.18 Å². The van der Waals surface area contributed by atoms with Crippen molar-refractivity contribution in [1.82, 2.24) is 0 Å². The number of hydrogen-bond acceptors (Lipinski definition) is 3. The Bertz CT molecular complexity index is 606. The molecule has 1 aromatic carbocycles. The van der Waals surface area contributed by atoms with Gasteiger partial charge in [0.05, 0.1) is 10.6 Å². The molecule has 0 spiro atoms. The lowest BCUT2D eigenvalue weighted by molar-refractivity contribution is -0.137. The van der Waals surface area contributed by atoms with Gasteiger partial charge in [-0.25, -0.2) is 0 Å². The SMILES string of the molecule is CC(=O)SCC1CC(=O)N(c2ccc(C(F)(F)F)c(Cl)c2)C1. The van der Waals surface area contributed by atoms with E-state index in [0.29, 0.717) is 18.0 Å². The first-order valence-corrected chi connectivity index (χ1v) is 7.85. The normalized spacial score (nSPS) is 18.9. The smallest absolute Gasteiger partial charge is 0.312 e. The fourth-order valence-corrected chi connectivity index (χ4v) is 3.26. The van der Waals surface area contributed by atoms with Crippen LogP contribution in [0.25, 0.3) is 0 Å². The van der Waals surface area contributed by atoms with Gasteiger partial charge in [-0.2, -0.15) is 13.2 Å². The largest absolute Gasteiger partial charge is 0.417 e. The summed E-state index contributed by atoms with van der Waals surface area (Å²) in [4.78, 5) is 24.4. The number of hydrogen-bond donors (Lipinski definition) is 0. The molecule has 0 radical (unpaired) electrons. The highest BCUT2D eigenvalue weighted by Crippen LogP contribution is 2.37. The third-order valence-electron chi connectivity index (χ3n) is 3.30. The van der Waals surface area contributed by atoms with E-state index < -0.39 is 16.8 Å². The Balaban J connectivity index is 2.14. The van der Waals surface area contributed by atoms with E-state index in [2.05, 4.69) is 0 Å². The van der Waals surface area contributed by atoms with Gasteiger partial charge in [-0.3, -0.25) is 9.59 Å². The number of carbonyl (C=O) groups excluding carboxylic acids is 2. The molecule has 1 saturated heterocycles. The van der Waals surface area contributed by atoms with E-state index in [4.69, 9.17) is 11.6 Å². The molecule has 2 rings (SSSR count). The number of amides is 1.